The topological polar surface area (TPSA) is 55.8 Å². The highest BCUT2D eigenvalue weighted by atomic mass is 16.5. The van der Waals surface area contributed by atoms with E-state index < -0.39 is 5.97 Å². The van der Waals surface area contributed by atoms with Crippen LogP contribution in [-0.2, 0) is 11.2 Å². The summed E-state index contributed by atoms with van der Waals surface area (Å²) in [7, 11) is 1.64. The Morgan fingerprint density at radius 1 is 1.62 bits per heavy atom. The molecule has 1 aromatic rings. The van der Waals surface area contributed by atoms with Crippen LogP contribution in [0.3, 0.4) is 0 Å². The lowest BCUT2D eigenvalue weighted by Crippen LogP contribution is -2.26. The van der Waals surface area contributed by atoms with E-state index in [0.29, 0.717) is 30.9 Å². The number of carbonyl (C=O) groups is 1. The third-order valence-electron chi connectivity index (χ3n) is 2.73. The van der Waals surface area contributed by atoms with Gasteiger partial charge in [0.15, 0.2) is 0 Å². The number of aromatic carboxylic acids is 1. The average Bonchev–Trinajstić information content (AvgIpc) is 2.28. The van der Waals surface area contributed by atoms with Gasteiger partial charge >= 0.3 is 5.97 Å². The number of hydrogen-bond donors (Lipinski definition) is 1. The minimum Gasteiger partial charge on any atom is -0.493 e. The van der Waals surface area contributed by atoms with Crippen molar-refractivity contribution in [2.45, 2.75) is 6.42 Å². The van der Waals surface area contributed by atoms with Gasteiger partial charge in [0.1, 0.15) is 5.75 Å². The van der Waals surface area contributed by atoms with Crippen molar-refractivity contribution in [1.29, 1.82) is 0 Å². The van der Waals surface area contributed by atoms with E-state index in [0.717, 1.165) is 5.56 Å². The number of ether oxygens (including phenoxy) is 2. The highest BCUT2D eigenvalue weighted by molar-refractivity contribution is 5.90. The summed E-state index contributed by atoms with van der Waals surface area (Å²) in [6.45, 7) is 1.18. The molecule has 0 aliphatic carbocycles. The van der Waals surface area contributed by atoms with Crippen LogP contribution in [0.4, 0.5) is 0 Å². The highest BCUT2D eigenvalue weighted by Gasteiger charge is 2.24. The van der Waals surface area contributed by atoms with Gasteiger partial charge in [-0.2, -0.15) is 0 Å². The Morgan fingerprint density at radius 2 is 2.44 bits per heavy atom. The van der Waals surface area contributed by atoms with Crippen molar-refractivity contribution in [3.8, 4) is 5.75 Å². The monoisotopic (exact) mass is 222 g/mol. The molecule has 1 aliphatic rings. The molecule has 0 saturated carbocycles. The van der Waals surface area contributed by atoms with Crippen molar-refractivity contribution < 1.29 is 19.4 Å². The van der Waals surface area contributed by atoms with E-state index in [2.05, 4.69) is 0 Å². The van der Waals surface area contributed by atoms with E-state index in [4.69, 9.17) is 14.6 Å². The van der Waals surface area contributed by atoms with Crippen molar-refractivity contribution in [3.05, 3.63) is 29.3 Å². The van der Waals surface area contributed by atoms with Crippen molar-refractivity contribution >= 4 is 5.97 Å². The molecule has 0 amide bonds. The van der Waals surface area contributed by atoms with Gasteiger partial charge in [0.25, 0.3) is 0 Å². The maximum Gasteiger partial charge on any atom is 0.336 e. The lowest BCUT2D eigenvalue weighted by molar-refractivity contribution is 0.0689. The summed E-state index contributed by atoms with van der Waals surface area (Å²) < 4.78 is 10.6. The molecule has 0 aromatic heterocycles. The minimum absolute atomic E-state index is 0.234. The van der Waals surface area contributed by atoms with Crippen LogP contribution >= 0.6 is 0 Å². The van der Waals surface area contributed by atoms with E-state index >= 15 is 0 Å². The zero-order chi connectivity index (χ0) is 11.5. The van der Waals surface area contributed by atoms with Gasteiger partial charge in [-0.15, -0.1) is 0 Å². The van der Waals surface area contributed by atoms with Crippen LogP contribution in [0.2, 0.25) is 0 Å². The number of carboxylic acids is 1. The molecule has 1 atom stereocenters. The first-order valence-corrected chi connectivity index (χ1v) is 5.19. The van der Waals surface area contributed by atoms with E-state index in [-0.39, 0.29) is 5.92 Å². The quantitative estimate of drug-likeness (QED) is 0.843. The molecule has 1 N–H and O–H groups in total. The molecular formula is C12H14O4. The summed E-state index contributed by atoms with van der Waals surface area (Å²) >= 11 is 0. The second-order valence-electron chi connectivity index (χ2n) is 3.92. The van der Waals surface area contributed by atoms with Crippen LogP contribution < -0.4 is 4.74 Å². The smallest absolute Gasteiger partial charge is 0.336 e. The molecule has 4 heteroatoms. The maximum absolute atomic E-state index is 11.1. The SMILES string of the molecule is COCC1COc2cccc(C(=O)O)c2C1. The van der Waals surface area contributed by atoms with Gasteiger partial charge in [-0.1, -0.05) is 6.07 Å². The van der Waals surface area contributed by atoms with Gasteiger partial charge < -0.3 is 14.6 Å². The first kappa shape index (κ1) is 11.0. The molecule has 4 nitrogen and oxygen atoms in total. The molecule has 86 valence electrons. The normalized spacial score (nSPS) is 18.7. The van der Waals surface area contributed by atoms with Crippen LogP contribution in [0.25, 0.3) is 0 Å². The third kappa shape index (κ3) is 2.02. The first-order valence-electron chi connectivity index (χ1n) is 5.19. The molecule has 1 aromatic carbocycles. The van der Waals surface area contributed by atoms with Gasteiger partial charge in [-0.25, -0.2) is 4.79 Å². The third-order valence-corrected chi connectivity index (χ3v) is 2.73. The van der Waals surface area contributed by atoms with Crippen molar-refractivity contribution in [2.24, 2.45) is 5.92 Å². The zero-order valence-corrected chi connectivity index (χ0v) is 9.10. The largest absolute Gasteiger partial charge is 0.493 e. The van der Waals surface area contributed by atoms with E-state index in [1.807, 2.05) is 6.07 Å². The average molecular weight is 222 g/mol. The van der Waals surface area contributed by atoms with Crippen LogP contribution in [0, 0.1) is 5.92 Å². The van der Waals surface area contributed by atoms with Gasteiger partial charge in [0, 0.05) is 18.6 Å². The summed E-state index contributed by atoms with van der Waals surface area (Å²) in [5, 5.41) is 9.07. The van der Waals surface area contributed by atoms with Gasteiger partial charge in [0.05, 0.1) is 18.8 Å². The number of rotatable bonds is 3. The van der Waals surface area contributed by atoms with Crippen LogP contribution in [0.1, 0.15) is 15.9 Å². The Balaban J connectivity index is 2.30. The maximum atomic E-state index is 11.1. The molecule has 1 heterocycles. The first-order chi connectivity index (χ1) is 7.72. The molecular weight excluding hydrogens is 208 g/mol. The molecule has 0 fully saturated rings. The van der Waals surface area contributed by atoms with Crippen molar-refractivity contribution in [3.63, 3.8) is 0 Å². The summed E-state index contributed by atoms with van der Waals surface area (Å²) in [4.78, 5) is 11.1. The van der Waals surface area contributed by atoms with Crippen LogP contribution in [0.15, 0.2) is 18.2 Å². The minimum atomic E-state index is -0.904. The summed E-state index contributed by atoms with van der Waals surface area (Å²) in [5.74, 6) is 0.0174. The second kappa shape index (κ2) is 4.53. The lowest BCUT2D eigenvalue weighted by Gasteiger charge is -2.25. The molecule has 1 aliphatic heterocycles. The Morgan fingerprint density at radius 3 is 3.12 bits per heavy atom. The highest BCUT2D eigenvalue weighted by Crippen LogP contribution is 2.30. The second-order valence-corrected chi connectivity index (χ2v) is 3.92. The molecule has 1 unspecified atom stereocenters. The summed E-state index contributed by atoms with van der Waals surface area (Å²) in [6.07, 6.45) is 0.700. The molecule has 0 spiro atoms. The predicted octanol–water partition coefficient (Wildman–Crippen LogP) is 1.58. The Hall–Kier alpha value is -1.55. The molecule has 0 radical (unpaired) electrons. The molecule has 0 bridgehead atoms. The van der Waals surface area contributed by atoms with Crippen molar-refractivity contribution in [2.75, 3.05) is 20.3 Å². The summed E-state index contributed by atoms with van der Waals surface area (Å²) in [6, 6.07) is 5.13. The number of benzene rings is 1. The Bertz CT molecular complexity index is 400. The van der Waals surface area contributed by atoms with Gasteiger partial charge in [-0.3, -0.25) is 0 Å². The zero-order valence-electron chi connectivity index (χ0n) is 9.10. The number of hydrogen-bond acceptors (Lipinski definition) is 3. The molecule has 16 heavy (non-hydrogen) atoms. The van der Waals surface area contributed by atoms with Gasteiger partial charge in [0.2, 0.25) is 0 Å². The van der Waals surface area contributed by atoms with E-state index in [1.54, 1.807) is 19.2 Å². The fourth-order valence-corrected chi connectivity index (χ4v) is 2.01. The lowest BCUT2D eigenvalue weighted by atomic mass is 9.93. The molecule has 2 rings (SSSR count). The standard InChI is InChI=1S/C12H14O4/c1-15-6-8-5-10-9(12(13)14)3-2-4-11(10)16-7-8/h2-4,8H,5-7H2,1H3,(H,13,14). The molecule has 0 saturated heterocycles. The summed E-state index contributed by atoms with van der Waals surface area (Å²) in [5.41, 5.74) is 1.11. The van der Waals surface area contributed by atoms with Crippen LogP contribution in [0.5, 0.6) is 5.75 Å². The Labute approximate surface area is 93.8 Å². The van der Waals surface area contributed by atoms with Crippen molar-refractivity contribution in [1.82, 2.24) is 0 Å². The fourth-order valence-electron chi connectivity index (χ4n) is 2.01. The fraction of sp³-hybridized carbons (Fsp3) is 0.417. The number of fused-ring (bicyclic) bond motifs is 1. The predicted molar refractivity (Wildman–Crippen MR) is 58.0 cm³/mol. The number of methoxy groups -OCH3 is 1. The van der Waals surface area contributed by atoms with Crippen LogP contribution in [-0.4, -0.2) is 31.4 Å². The van der Waals surface area contributed by atoms with E-state index in [1.165, 1.54) is 0 Å². The van der Waals surface area contributed by atoms with E-state index in [9.17, 15) is 4.79 Å². The number of carboxylic acid groups (broad SMARTS) is 1. The van der Waals surface area contributed by atoms with Gasteiger partial charge in [-0.05, 0) is 18.6 Å². The Kier molecular flexibility index (Phi) is 3.10.